The number of hydrogen-bond donors (Lipinski definition) is 2. The quantitative estimate of drug-likeness (QED) is 0.662. The van der Waals surface area contributed by atoms with E-state index in [0.29, 0.717) is 23.7 Å². The van der Waals surface area contributed by atoms with Crippen LogP contribution in [0.3, 0.4) is 0 Å². The first kappa shape index (κ1) is 22.3. The molecular weight excluding hydrogens is 426 g/mol. The van der Waals surface area contributed by atoms with Gasteiger partial charge in [-0.1, -0.05) is 36.2 Å². The Balaban J connectivity index is 1.55. The standard InChI is InChI=1S/C21H24ClN3O4S/c22-16-9-11-17(12-10-16)24-21(27)20(26)23-14-13-18-6-4-5-15-25(18)30(28,29)19-7-2-1-3-8-19/h1-3,7-12,18H,4-6,13-15H2,(H,23,26)(H,24,27)/t18-/m0/s1. The molecule has 0 saturated carbocycles. The molecule has 0 radical (unpaired) electrons. The van der Waals surface area contributed by atoms with Gasteiger partial charge in [-0.3, -0.25) is 9.59 Å². The Morgan fingerprint density at radius 1 is 1.00 bits per heavy atom. The van der Waals surface area contributed by atoms with Gasteiger partial charge in [-0.2, -0.15) is 4.31 Å². The van der Waals surface area contributed by atoms with Crippen LogP contribution in [0.15, 0.2) is 59.5 Å². The Morgan fingerprint density at radius 3 is 2.40 bits per heavy atom. The van der Waals surface area contributed by atoms with Gasteiger partial charge in [0.15, 0.2) is 0 Å². The molecule has 160 valence electrons. The molecule has 0 bridgehead atoms. The average molecular weight is 450 g/mol. The van der Waals surface area contributed by atoms with Gasteiger partial charge in [-0.05, 0) is 55.7 Å². The average Bonchev–Trinajstić information content (AvgIpc) is 2.76. The van der Waals surface area contributed by atoms with Gasteiger partial charge in [-0.25, -0.2) is 8.42 Å². The van der Waals surface area contributed by atoms with E-state index in [4.69, 9.17) is 11.6 Å². The monoisotopic (exact) mass is 449 g/mol. The number of nitrogens with one attached hydrogen (secondary N) is 2. The lowest BCUT2D eigenvalue weighted by molar-refractivity contribution is -0.136. The van der Waals surface area contributed by atoms with Gasteiger partial charge in [0, 0.05) is 29.8 Å². The highest BCUT2D eigenvalue weighted by Crippen LogP contribution is 2.26. The van der Waals surface area contributed by atoms with Crippen LogP contribution in [0.4, 0.5) is 5.69 Å². The highest BCUT2D eigenvalue weighted by molar-refractivity contribution is 7.89. The lowest BCUT2D eigenvalue weighted by Crippen LogP contribution is -2.45. The number of nitrogens with zero attached hydrogens (tertiary/aromatic N) is 1. The number of benzene rings is 2. The largest absolute Gasteiger partial charge is 0.348 e. The van der Waals surface area contributed by atoms with Crippen molar-refractivity contribution in [1.82, 2.24) is 9.62 Å². The second-order valence-electron chi connectivity index (χ2n) is 7.08. The van der Waals surface area contributed by atoms with Gasteiger partial charge < -0.3 is 10.6 Å². The molecule has 0 unspecified atom stereocenters. The number of sulfonamides is 1. The molecule has 1 saturated heterocycles. The van der Waals surface area contributed by atoms with Crippen LogP contribution >= 0.6 is 11.6 Å². The number of anilines is 1. The molecule has 1 heterocycles. The Labute approximate surface area is 181 Å². The summed E-state index contributed by atoms with van der Waals surface area (Å²) in [5.41, 5.74) is 0.465. The van der Waals surface area contributed by atoms with E-state index in [9.17, 15) is 18.0 Å². The maximum Gasteiger partial charge on any atom is 0.313 e. The Kier molecular flexibility index (Phi) is 7.47. The van der Waals surface area contributed by atoms with Gasteiger partial charge in [0.05, 0.1) is 4.90 Å². The summed E-state index contributed by atoms with van der Waals surface area (Å²) in [7, 11) is -3.59. The minimum atomic E-state index is -3.59. The fourth-order valence-electron chi connectivity index (χ4n) is 3.46. The molecule has 7 nitrogen and oxygen atoms in total. The van der Waals surface area contributed by atoms with Crippen molar-refractivity contribution in [3.63, 3.8) is 0 Å². The molecule has 1 atom stereocenters. The highest BCUT2D eigenvalue weighted by Gasteiger charge is 2.33. The van der Waals surface area contributed by atoms with Crippen molar-refractivity contribution in [3.05, 3.63) is 59.6 Å². The lowest BCUT2D eigenvalue weighted by Gasteiger charge is -2.34. The molecule has 2 amide bonds. The second kappa shape index (κ2) is 10.1. The molecule has 1 aliphatic rings. The van der Waals surface area contributed by atoms with Crippen LogP contribution in [0.25, 0.3) is 0 Å². The summed E-state index contributed by atoms with van der Waals surface area (Å²) in [6.45, 7) is 0.658. The summed E-state index contributed by atoms with van der Waals surface area (Å²) in [6.07, 6.45) is 2.89. The topological polar surface area (TPSA) is 95.6 Å². The van der Waals surface area contributed by atoms with Crippen molar-refractivity contribution in [3.8, 4) is 0 Å². The van der Waals surface area contributed by atoms with Crippen molar-refractivity contribution < 1.29 is 18.0 Å². The van der Waals surface area contributed by atoms with Gasteiger partial charge in [0.25, 0.3) is 0 Å². The van der Waals surface area contributed by atoms with E-state index in [0.717, 1.165) is 19.3 Å². The van der Waals surface area contributed by atoms with Crippen molar-refractivity contribution in [2.24, 2.45) is 0 Å². The third-order valence-corrected chi connectivity index (χ3v) is 7.21. The minimum Gasteiger partial charge on any atom is -0.348 e. The number of amides is 2. The second-order valence-corrected chi connectivity index (χ2v) is 9.41. The van der Waals surface area contributed by atoms with Crippen LogP contribution in [0.2, 0.25) is 5.02 Å². The molecule has 1 aliphatic heterocycles. The Bertz CT molecular complexity index is 981. The molecule has 1 fully saturated rings. The summed E-state index contributed by atoms with van der Waals surface area (Å²) in [5.74, 6) is -1.55. The summed E-state index contributed by atoms with van der Waals surface area (Å²) in [5, 5.41) is 5.60. The van der Waals surface area contributed by atoms with E-state index in [2.05, 4.69) is 10.6 Å². The Hall–Kier alpha value is -2.42. The summed E-state index contributed by atoms with van der Waals surface area (Å²) in [6, 6.07) is 14.6. The highest BCUT2D eigenvalue weighted by atomic mass is 35.5. The number of halogens is 1. The maximum absolute atomic E-state index is 13.0. The van der Waals surface area contributed by atoms with Crippen LogP contribution in [-0.2, 0) is 19.6 Å². The zero-order valence-electron chi connectivity index (χ0n) is 16.4. The number of carbonyl (C=O) groups excluding carboxylic acids is 2. The zero-order valence-corrected chi connectivity index (χ0v) is 18.0. The number of rotatable bonds is 6. The summed E-state index contributed by atoms with van der Waals surface area (Å²) >= 11 is 5.80. The van der Waals surface area contributed by atoms with Crippen LogP contribution in [0.5, 0.6) is 0 Å². The van der Waals surface area contributed by atoms with Crippen LogP contribution < -0.4 is 10.6 Å². The first-order valence-corrected chi connectivity index (χ1v) is 11.6. The van der Waals surface area contributed by atoms with Crippen LogP contribution in [-0.4, -0.2) is 43.7 Å². The molecule has 0 aliphatic carbocycles. The van der Waals surface area contributed by atoms with Crippen molar-refractivity contribution in [2.75, 3.05) is 18.4 Å². The van der Waals surface area contributed by atoms with Crippen molar-refractivity contribution >= 4 is 39.1 Å². The third kappa shape index (κ3) is 5.59. The summed E-state index contributed by atoms with van der Waals surface area (Å²) in [4.78, 5) is 24.4. The smallest absolute Gasteiger partial charge is 0.313 e. The molecule has 2 N–H and O–H groups in total. The van der Waals surface area contributed by atoms with E-state index in [1.54, 1.807) is 54.6 Å². The maximum atomic E-state index is 13.0. The van der Waals surface area contributed by atoms with E-state index in [1.165, 1.54) is 4.31 Å². The molecule has 2 aromatic rings. The van der Waals surface area contributed by atoms with Crippen molar-refractivity contribution in [2.45, 2.75) is 36.6 Å². The van der Waals surface area contributed by atoms with E-state index < -0.39 is 21.8 Å². The van der Waals surface area contributed by atoms with E-state index in [-0.39, 0.29) is 17.5 Å². The van der Waals surface area contributed by atoms with Crippen LogP contribution in [0, 0.1) is 0 Å². The molecular formula is C21H24ClN3O4S. The first-order chi connectivity index (χ1) is 14.4. The van der Waals surface area contributed by atoms with Gasteiger partial charge in [0.1, 0.15) is 0 Å². The number of carbonyl (C=O) groups is 2. The predicted octanol–water partition coefficient (Wildman–Crippen LogP) is 3.03. The molecule has 9 heteroatoms. The molecule has 30 heavy (non-hydrogen) atoms. The number of piperidine rings is 1. The van der Waals surface area contributed by atoms with E-state index >= 15 is 0 Å². The third-order valence-electron chi connectivity index (χ3n) is 4.99. The number of hydrogen-bond acceptors (Lipinski definition) is 4. The minimum absolute atomic E-state index is 0.207. The van der Waals surface area contributed by atoms with Gasteiger partial charge >= 0.3 is 11.8 Å². The SMILES string of the molecule is O=C(NCC[C@@H]1CCCCN1S(=O)(=O)c1ccccc1)C(=O)Nc1ccc(Cl)cc1. The lowest BCUT2D eigenvalue weighted by atomic mass is 10.0. The Morgan fingerprint density at radius 2 is 1.70 bits per heavy atom. The summed E-state index contributed by atoms with van der Waals surface area (Å²) < 4.78 is 27.5. The molecule has 3 rings (SSSR count). The molecule has 0 aromatic heterocycles. The van der Waals surface area contributed by atoms with E-state index in [1.807, 2.05) is 0 Å². The fraction of sp³-hybridized carbons (Fsp3) is 0.333. The van der Waals surface area contributed by atoms with Gasteiger partial charge in [0.2, 0.25) is 10.0 Å². The fourth-order valence-corrected chi connectivity index (χ4v) is 5.33. The predicted molar refractivity (Wildman–Crippen MR) is 116 cm³/mol. The normalized spacial score (nSPS) is 17.3. The molecule has 2 aromatic carbocycles. The zero-order chi connectivity index (χ0) is 21.6. The first-order valence-electron chi connectivity index (χ1n) is 9.79. The molecule has 0 spiro atoms. The van der Waals surface area contributed by atoms with Crippen LogP contribution in [0.1, 0.15) is 25.7 Å². The van der Waals surface area contributed by atoms with Crippen molar-refractivity contribution in [1.29, 1.82) is 0 Å². The van der Waals surface area contributed by atoms with Gasteiger partial charge in [-0.15, -0.1) is 0 Å².